The molecule has 8 nitrogen and oxygen atoms in total. The Bertz CT molecular complexity index is 789. The molecule has 2 fully saturated rings. The molecule has 2 aliphatic heterocycles. The number of rotatable bonds is 6. The van der Waals surface area contributed by atoms with Crippen molar-refractivity contribution >= 4 is 11.6 Å². The second kappa shape index (κ2) is 9.37. The lowest BCUT2D eigenvalue weighted by Crippen LogP contribution is -2.53. The highest BCUT2D eigenvalue weighted by Gasteiger charge is 2.38. The number of hydrogen-bond acceptors (Lipinski definition) is 6. The first-order valence-corrected chi connectivity index (χ1v) is 10.5. The zero-order valence-corrected chi connectivity index (χ0v) is 17.0. The summed E-state index contributed by atoms with van der Waals surface area (Å²) in [7, 11) is 1.91. The zero-order valence-electron chi connectivity index (χ0n) is 17.0. The van der Waals surface area contributed by atoms with E-state index in [-0.39, 0.29) is 24.6 Å². The van der Waals surface area contributed by atoms with Gasteiger partial charge in [0.2, 0.25) is 5.91 Å². The largest absolute Gasteiger partial charge is 0.375 e. The van der Waals surface area contributed by atoms with Gasteiger partial charge in [-0.3, -0.25) is 14.5 Å². The van der Waals surface area contributed by atoms with Gasteiger partial charge in [-0.05, 0) is 38.1 Å². The summed E-state index contributed by atoms with van der Waals surface area (Å²) >= 11 is 0. The first-order valence-electron chi connectivity index (χ1n) is 10.5. The van der Waals surface area contributed by atoms with Crippen molar-refractivity contribution in [3.05, 3.63) is 42.5 Å². The number of anilines is 1. The molecular weight excluding hydrogens is 368 g/mol. The molecule has 0 spiro atoms. The number of carbonyl (C=O) groups excluding carboxylic acids is 1. The number of piperidine rings is 1. The molecule has 0 bridgehead atoms. The fourth-order valence-electron chi connectivity index (χ4n) is 4.30. The third-order valence-corrected chi connectivity index (χ3v) is 5.73. The van der Waals surface area contributed by atoms with E-state index >= 15 is 0 Å². The summed E-state index contributed by atoms with van der Waals surface area (Å²) in [5.41, 5.74) is 1.88. The molecule has 156 valence electrons. The minimum Gasteiger partial charge on any atom is -0.375 e. The summed E-state index contributed by atoms with van der Waals surface area (Å²) in [6.07, 6.45) is 11.0. The number of pyridine rings is 1. The molecule has 1 amide bonds. The van der Waals surface area contributed by atoms with Gasteiger partial charge in [0.05, 0.1) is 37.2 Å². The van der Waals surface area contributed by atoms with Crippen molar-refractivity contribution in [2.24, 2.45) is 7.05 Å². The fourth-order valence-corrected chi connectivity index (χ4v) is 4.30. The lowest BCUT2D eigenvalue weighted by molar-refractivity contribution is -0.146. The quantitative estimate of drug-likeness (QED) is 0.798. The standard InChI is InChI=1S/C21H30N6O2/c1-25-15-17(12-24-25)21-19(16-26-8-3-2-4-9-26)29-11-10-27(21)20(28)14-23-18-6-5-7-22-13-18/h5-7,12-13,15,19,21,23H,2-4,8-11,14,16H2,1H3/t19-,21-/m0/s1. The van der Waals surface area contributed by atoms with E-state index in [9.17, 15) is 4.79 Å². The SMILES string of the molecule is Cn1cc([C@H]2[C@H](CN3CCCCC3)OCCN2C(=O)CNc2cccnc2)cn1. The third kappa shape index (κ3) is 4.94. The number of aromatic nitrogens is 3. The Balaban J connectivity index is 1.49. The molecule has 0 unspecified atom stereocenters. The first-order chi connectivity index (χ1) is 14.2. The molecule has 2 atom stereocenters. The zero-order chi connectivity index (χ0) is 20.1. The highest BCUT2D eigenvalue weighted by Crippen LogP contribution is 2.30. The number of morpholine rings is 1. The molecular formula is C21H30N6O2. The molecule has 2 saturated heterocycles. The van der Waals surface area contributed by atoms with Gasteiger partial charge in [0.15, 0.2) is 0 Å². The van der Waals surface area contributed by atoms with Crippen molar-refractivity contribution in [2.45, 2.75) is 31.4 Å². The molecule has 0 saturated carbocycles. The summed E-state index contributed by atoms with van der Waals surface area (Å²) in [4.78, 5) is 21.7. The van der Waals surface area contributed by atoms with E-state index in [0.717, 1.165) is 30.9 Å². The minimum absolute atomic E-state index is 0.0478. The van der Waals surface area contributed by atoms with E-state index in [2.05, 4.69) is 20.3 Å². The van der Waals surface area contributed by atoms with E-state index in [1.165, 1.54) is 19.3 Å². The summed E-state index contributed by atoms with van der Waals surface area (Å²) in [5, 5.41) is 7.54. The molecule has 29 heavy (non-hydrogen) atoms. The molecule has 2 aromatic heterocycles. The first kappa shape index (κ1) is 19.8. The Morgan fingerprint density at radius 3 is 2.83 bits per heavy atom. The van der Waals surface area contributed by atoms with Crippen LogP contribution in [0.3, 0.4) is 0 Å². The Labute approximate surface area is 171 Å². The Morgan fingerprint density at radius 1 is 1.24 bits per heavy atom. The van der Waals surface area contributed by atoms with Gasteiger partial charge in [-0.2, -0.15) is 5.10 Å². The highest BCUT2D eigenvalue weighted by molar-refractivity contribution is 5.81. The van der Waals surface area contributed by atoms with Crippen LogP contribution >= 0.6 is 0 Å². The van der Waals surface area contributed by atoms with Crippen LogP contribution in [0.1, 0.15) is 30.9 Å². The van der Waals surface area contributed by atoms with Crippen molar-refractivity contribution in [2.75, 3.05) is 44.6 Å². The number of amides is 1. The van der Waals surface area contributed by atoms with Crippen LogP contribution in [0.5, 0.6) is 0 Å². The molecule has 2 aliphatic rings. The van der Waals surface area contributed by atoms with Crippen molar-refractivity contribution in [3.8, 4) is 0 Å². The van der Waals surface area contributed by atoms with Gasteiger partial charge in [0.1, 0.15) is 0 Å². The van der Waals surface area contributed by atoms with Crippen LogP contribution in [0.25, 0.3) is 0 Å². The molecule has 0 aromatic carbocycles. The molecule has 0 radical (unpaired) electrons. The van der Waals surface area contributed by atoms with Gasteiger partial charge in [-0.1, -0.05) is 6.42 Å². The number of likely N-dealkylation sites (tertiary alicyclic amines) is 1. The number of aryl methyl sites for hydroxylation is 1. The number of nitrogens with one attached hydrogen (secondary N) is 1. The van der Waals surface area contributed by atoms with Crippen LogP contribution in [0.15, 0.2) is 36.9 Å². The van der Waals surface area contributed by atoms with Gasteiger partial charge in [-0.25, -0.2) is 0 Å². The second-order valence-electron chi connectivity index (χ2n) is 7.85. The molecule has 4 rings (SSSR count). The van der Waals surface area contributed by atoms with Gasteiger partial charge < -0.3 is 19.9 Å². The van der Waals surface area contributed by atoms with Crippen LogP contribution in [0, 0.1) is 0 Å². The minimum atomic E-state index is -0.123. The van der Waals surface area contributed by atoms with E-state index < -0.39 is 0 Å². The summed E-state index contributed by atoms with van der Waals surface area (Å²) in [6, 6.07) is 3.65. The lowest BCUT2D eigenvalue weighted by atomic mass is 9.99. The second-order valence-corrected chi connectivity index (χ2v) is 7.85. The van der Waals surface area contributed by atoms with Crippen molar-refractivity contribution in [3.63, 3.8) is 0 Å². The Kier molecular flexibility index (Phi) is 6.41. The summed E-state index contributed by atoms with van der Waals surface area (Å²) in [6.45, 7) is 4.45. The third-order valence-electron chi connectivity index (χ3n) is 5.73. The Hall–Kier alpha value is -2.45. The van der Waals surface area contributed by atoms with E-state index in [1.54, 1.807) is 17.1 Å². The van der Waals surface area contributed by atoms with E-state index in [1.807, 2.05) is 36.5 Å². The maximum Gasteiger partial charge on any atom is 0.242 e. The van der Waals surface area contributed by atoms with Gasteiger partial charge in [0, 0.05) is 44.3 Å². The number of ether oxygens (including phenoxy) is 1. The predicted octanol–water partition coefficient (Wildman–Crippen LogP) is 1.68. The number of nitrogens with zero attached hydrogens (tertiary/aromatic N) is 5. The van der Waals surface area contributed by atoms with Crippen LogP contribution < -0.4 is 5.32 Å². The smallest absolute Gasteiger partial charge is 0.242 e. The maximum atomic E-state index is 13.1. The van der Waals surface area contributed by atoms with Crippen LogP contribution in [-0.4, -0.2) is 75.9 Å². The van der Waals surface area contributed by atoms with Crippen molar-refractivity contribution in [1.82, 2.24) is 24.6 Å². The van der Waals surface area contributed by atoms with Gasteiger partial charge >= 0.3 is 0 Å². The van der Waals surface area contributed by atoms with Gasteiger partial charge in [0.25, 0.3) is 0 Å². The number of carbonyl (C=O) groups is 1. The average Bonchev–Trinajstić information content (AvgIpc) is 3.19. The predicted molar refractivity (Wildman–Crippen MR) is 110 cm³/mol. The van der Waals surface area contributed by atoms with Crippen molar-refractivity contribution in [1.29, 1.82) is 0 Å². The van der Waals surface area contributed by atoms with Gasteiger partial charge in [-0.15, -0.1) is 0 Å². The fraction of sp³-hybridized carbons (Fsp3) is 0.571. The van der Waals surface area contributed by atoms with E-state index in [4.69, 9.17) is 4.74 Å². The highest BCUT2D eigenvalue weighted by atomic mass is 16.5. The Morgan fingerprint density at radius 2 is 2.10 bits per heavy atom. The molecule has 1 N–H and O–H groups in total. The van der Waals surface area contributed by atoms with E-state index in [0.29, 0.717) is 13.2 Å². The monoisotopic (exact) mass is 398 g/mol. The lowest BCUT2D eigenvalue weighted by Gasteiger charge is -2.43. The maximum absolute atomic E-state index is 13.1. The van der Waals surface area contributed by atoms with Crippen LogP contribution in [0.2, 0.25) is 0 Å². The molecule has 2 aromatic rings. The molecule has 8 heteroatoms. The number of hydrogen-bond donors (Lipinski definition) is 1. The summed E-state index contributed by atoms with van der Waals surface area (Å²) in [5.74, 6) is 0.0645. The summed E-state index contributed by atoms with van der Waals surface area (Å²) < 4.78 is 7.99. The molecule has 4 heterocycles. The molecule has 0 aliphatic carbocycles. The normalized spacial score (nSPS) is 23.1. The average molecular weight is 399 g/mol. The van der Waals surface area contributed by atoms with Crippen LogP contribution in [0.4, 0.5) is 5.69 Å². The van der Waals surface area contributed by atoms with Crippen LogP contribution in [-0.2, 0) is 16.6 Å². The van der Waals surface area contributed by atoms with Crippen molar-refractivity contribution < 1.29 is 9.53 Å². The topological polar surface area (TPSA) is 75.5 Å².